The van der Waals surface area contributed by atoms with Crippen molar-refractivity contribution in [2.75, 3.05) is 0 Å². The molecule has 0 fully saturated rings. The molecule has 1 aromatic rings. The summed E-state index contributed by atoms with van der Waals surface area (Å²) < 4.78 is 0. The molecule has 0 heteroatoms. The molecule has 2 rings (SSSR count). The highest BCUT2D eigenvalue weighted by Crippen LogP contribution is 2.33. The Labute approximate surface area is 111 Å². The van der Waals surface area contributed by atoms with E-state index in [2.05, 4.69) is 88.4 Å². The molecule has 0 nitrogen and oxygen atoms in total. The van der Waals surface area contributed by atoms with E-state index >= 15 is 0 Å². The van der Waals surface area contributed by atoms with Crippen molar-refractivity contribution in [3.05, 3.63) is 66.3 Å². The highest BCUT2D eigenvalue weighted by molar-refractivity contribution is 5.75. The van der Waals surface area contributed by atoms with Crippen molar-refractivity contribution in [2.45, 2.75) is 27.7 Å². The molecule has 94 valence electrons. The largest absolute Gasteiger partial charge is 0.0782 e. The summed E-state index contributed by atoms with van der Waals surface area (Å²) >= 11 is 0. The van der Waals surface area contributed by atoms with Gasteiger partial charge in [0, 0.05) is 10.8 Å². The van der Waals surface area contributed by atoms with E-state index < -0.39 is 0 Å². The van der Waals surface area contributed by atoms with Crippen LogP contribution in [-0.4, -0.2) is 0 Å². The smallest absolute Gasteiger partial charge is 0.00139 e. The van der Waals surface area contributed by atoms with Crippen LogP contribution in [0.25, 0.3) is 5.57 Å². The average molecular weight is 238 g/mol. The van der Waals surface area contributed by atoms with Crippen molar-refractivity contribution in [3.63, 3.8) is 0 Å². The molecule has 0 atom stereocenters. The number of benzene rings is 1. The van der Waals surface area contributed by atoms with Crippen LogP contribution in [0, 0.1) is 10.8 Å². The summed E-state index contributed by atoms with van der Waals surface area (Å²) in [7, 11) is 0. The number of hydrogen-bond donors (Lipinski definition) is 0. The molecule has 0 spiro atoms. The molecule has 0 bridgehead atoms. The Morgan fingerprint density at radius 1 is 0.722 bits per heavy atom. The van der Waals surface area contributed by atoms with E-state index in [1.54, 1.807) is 0 Å². The molecule has 0 radical (unpaired) electrons. The van der Waals surface area contributed by atoms with E-state index in [0.29, 0.717) is 0 Å². The Hall–Kier alpha value is -1.56. The Morgan fingerprint density at radius 2 is 1.33 bits per heavy atom. The first-order valence-corrected chi connectivity index (χ1v) is 6.56. The van der Waals surface area contributed by atoms with Gasteiger partial charge in [-0.05, 0) is 11.1 Å². The first kappa shape index (κ1) is 12.9. The highest BCUT2D eigenvalue weighted by atomic mass is 14.2. The maximum absolute atomic E-state index is 2.34. The lowest BCUT2D eigenvalue weighted by molar-refractivity contribution is 0.577. The van der Waals surface area contributed by atoms with Gasteiger partial charge in [-0.15, -0.1) is 0 Å². The maximum Gasteiger partial charge on any atom is 0.00139 e. The minimum atomic E-state index is 0.0905. The molecule has 18 heavy (non-hydrogen) atoms. The minimum absolute atomic E-state index is 0.0905. The summed E-state index contributed by atoms with van der Waals surface area (Å²) in [5.41, 5.74) is 2.80. The topological polar surface area (TPSA) is 0 Å². The van der Waals surface area contributed by atoms with Gasteiger partial charge in [-0.25, -0.2) is 0 Å². The lowest BCUT2D eigenvalue weighted by Gasteiger charge is -2.24. The normalized spacial score (nSPS) is 27.4. The summed E-state index contributed by atoms with van der Waals surface area (Å²) in [6.45, 7) is 8.98. The third-order valence-electron chi connectivity index (χ3n) is 3.27. The fourth-order valence-electron chi connectivity index (χ4n) is 2.10. The van der Waals surface area contributed by atoms with Crippen molar-refractivity contribution in [3.8, 4) is 0 Å². The number of allylic oxidation sites excluding steroid dienone is 6. The van der Waals surface area contributed by atoms with Crippen LogP contribution >= 0.6 is 0 Å². The fraction of sp³-hybridized carbons (Fsp3) is 0.333. The van der Waals surface area contributed by atoms with Gasteiger partial charge in [0.25, 0.3) is 0 Å². The summed E-state index contributed by atoms with van der Waals surface area (Å²) in [5.74, 6) is 0. The van der Waals surface area contributed by atoms with Gasteiger partial charge >= 0.3 is 0 Å². The van der Waals surface area contributed by atoms with Gasteiger partial charge in [-0.2, -0.15) is 0 Å². The van der Waals surface area contributed by atoms with Gasteiger partial charge in [-0.1, -0.05) is 88.4 Å². The molecule has 1 aliphatic rings. The van der Waals surface area contributed by atoms with Crippen LogP contribution in [0.5, 0.6) is 0 Å². The second-order valence-corrected chi connectivity index (χ2v) is 6.28. The van der Waals surface area contributed by atoms with Crippen LogP contribution in [0.3, 0.4) is 0 Å². The molecular formula is C18H22. The lowest BCUT2D eigenvalue weighted by atomic mass is 9.81. The SMILES string of the molecule is CC1(C)/C=C\C(c2ccccc2)=C/C(C)(C)/C=C\1. The Morgan fingerprint density at radius 3 is 2.00 bits per heavy atom. The summed E-state index contributed by atoms with van der Waals surface area (Å²) in [6, 6.07) is 10.6. The molecule has 0 N–H and O–H groups in total. The summed E-state index contributed by atoms with van der Waals surface area (Å²) in [4.78, 5) is 0. The van der Waals surface area contributed by atoms with Gasteiger partial charge in [-0.3, -0.25) is 0 Å². The molecule has 0 aliphatic heterocycles. The van der Waals surface area contributed by atoms with Gasteiger partial charge in [0.15, 0.2) is 0 Å². The Bertz CT molecular complexity index is 496. The quantitative estimate of drug-likeness (QED) is 0.586. The standard InChI is InChI=1S/C18H22/c1-17(2)11-10-16(14-18(3,4)13-12-17)15-8-6-5-7-9-15/h5-14H,1-4H3/b11-10-,13-12-,16-14+. The molecule has 0 aromatic heterocycles. The van der Waals surface area contributed by atoms with Crippen molar-refractivity contribution in [1.82, 2.24) is 0 Å². The third kappa shape index (κ3) is 3.22. The van der Waals surface area contributed by atoms with Crippen molar-refractivity contribution in [1.29, 1.82) is 0 Å². The van der Waals surface area contributed by atoms with E-state index in [9.17, 15) is 0 Å². The summed E-state index contributed by atoms with van der Waals surface area (Å²) in [5, 5.41) is 0. The number of hydrogen-bond acceptors (Lipinski definition) is 0. The zero-order valence-electron chi connectivity index (χ0n) is 11.8. The van der Waals surface area contributed by atoms with Gasteiger partial charge < -0.3 is 0 Å². The van der Waals surface area contributed by atoms with Crippen LogP contribution < -0.4 is 0 Å². The molecule has 0 saturated heterocycles. The van der Waals surface area contributed by atoms with E-state index in [0.717, 1.165) is 0 Å². The molecule has 0 heterocycles. The Kier molecular flexibility index (Phi) is 3.30. The van der Waals surface area contributed by atoms with E-state index in [1.807, 2.05) is 0 Å². The first-order chi connectivity index (χ1) is 8.38. The average Bonchev–Trinajstić information content (AvgIpc) is 2.32. The monoisotopic (exact) mass is 238 g/mol. The van der Waals surface area contributed by atoms with Crippen molar-refractivity contribution < 1.29 is 0 Å². The number of rotatable bonds is 1. The second kappa shape index (κ2) is 4.61. The summed E-state index contributed by atoms with van der Waals surface area (Å²) in [6.07, 6.45) is 11.5. The van der Waals surface area contributed by atoms with Gasteiger partial charge in [0.1, 0.15) is 0 Å². The molecule has 0 saturated carbocycles. The molecule has 1 aromatic carbocycles. The predicted octanol–water partition coefficient (Wildman–Crippen LogP) is 5.25. The highest BCUT2D eigenvalue weighted by Gasteiger charge is 2.18. The Balaban J connectivity index is 2.49. The van der Waals surface area contributed by atoms with Crippen LogP contribution in [-0.2, 0) is 0 Å². The lowest BCUT2D eigenvalue weighted by Crippen LogP contribution is -2.11. The van der Waals surface area contributed by atoms with Crippen LogP contribution in [0.4, 0.5) is 0 Å². The van der Waals surface area contributed by atoms with E-state index in [1.165, 1.54) is 11.1 Å². The molecular weight excluding hydrogens is 216 g/mol. The molecule has 0 amide bonds. The fourth-order valence-corrected chi connectivity index (χ4v) is 2.10. The molecule has 0 unspecified atom stereocenters. The first-order valence-electron chi connectivity index (χ1n) is 6.56. The minimum Gasteiger partial charge on any atom is -0.0782 e. The van der Waals surface area contributed by atoms with Crippen LogP contribution in [0.1, 0.15) is 33.3 Å². The van der Waals surface area contributed by atoms with Crippen molar-refractivity contribution >= 4 is 5.57 Å². The van der Waals surface area contributed by atoms with Gasteiger partial charge in [0.2, 0.25) is 0 Å². The van der Waals surface area contributed by atoms with Gasteiger partial charge in [0.05, 0.1) is 0 Å². The van der Waals surface area contributed by atoms with Crippen LogP contribution in [0.2, 0.25) is 0 Å². The zero-order valence-corrected chi connectivity index (χ0v) is 11.8. The zero-order chi connectivity index (χ0) is 13.2. The maximum atomic E-state index is 2.34. The molecule has 1 aliphatic carbocycles. The van der Waals surface area contributed by atoms with Crippen LogP contribution in [0.15, 0.2) is 60.7 Å². The second-order valence-electron chi connectivity index (χ2n) is 6.28. The van der Waals surface area contributed by atoms with E-state index in [-0.39, 0.29) is 10.8 Å². The van der Waals surface area contributed by atoms with Crippen molar-refractivity contribution in [2.24, 2.45) is 10.8 Å². The van der Waals surface area contributed by atoms with E-state index in [4.69, 9.17) is 0 Å². The predicted molar refractivity (Wildman–Crippen MR) is 80.3 cm³/mol. The third-order valence-corrected chi connectivity index (χ3v) is 3.27.